The van der Waals surface area contributed by atoms with Crippen LogP contribution < -0.4 is 15.5 Å². The van der Waals surface area contributed by atoms with Crippen LogP contribution in [0.2, 0.25) is 0 Å². The summed E-state index contributed by atoms with van der Waals surface area (Å²) in [6.07, 6.45) is 1.66. The molecule has 10 nitrogen and oxygen atoms in total. The van der Waals surface area contributed by atoms with Crippen LogP contribution in [0.3, 0.4) is 0 Å². The Balaban J connectivity index is 1.30. The third kappa shape index (κ3) is 5.76. The number of halogens is 1. The van der Waals surface area contributed by atoms with Crippen molar-refractivity contribution < 1.29 is 27.1 Å². The molecular formula is C29H30FN5O5S. The SMILES string of the molecule is O=C(Nc1n[nH]c2ccc(S(=O)(=O)c3cccc(F)c3)cc12)c1ccc(N2CCOCC2)cc1NC1CCOCC1. The Hall–Kier alpha value is -4.00. The zero-order valence-electron chi connectivity index (χ0n) is 22.2. The number of nitrogens with one attached hydrogen (secondary N) is 3. The monoisotopic (exact) mass is 579 g/mol. The summed E-state index contributed by atoms with van der Waals surface area (Å²) in [5.74, 6) is -0.844. The van der Waals surface area contributed by atoms with E-state index in [9.17, 15) is 17.6 Å². The molecule has 3 aromatic carbocycles. The summed E-state index contributed by atoms with van der Waals surface area (Å²) in [7, 11) is -4.00. The minimum atomic E-state index is -4.00. The topological polar surface area (TPSA) is 126 Å². The van der Waals surface area contributed by atoms with E-state index in [1.54, 1.807) is 12.1 Å². The number of aromatic nitrogens is 2. The van der Waals surface area contributed by atoms with E-state index in [0.717, 1.165) is 37.7 Å². The number of rotatable bonds is 7. The lowest BCUT2D eigenvalue weighted by Gasteiger charge is -2.30. The normalized spacial score (nSPS) is 16.6. The molecule has 0 bridgehead atoms. The number of fused-ring (bicyclic) bond motifs is 1. The lowest BCUT2D eigenvalue weighted by atomic mass is 10.1. The van der Waals surface area contributed by atoms with Gasteiger partial charge in [0.1, 0.15) is 5.82 Å². The molecule has 3 N–H and O–H groups in total. The average Bonchev–Trinajstić information content (AvgIpc) is 3.40. The molecule has 0 spiro atoms. The van der Waals surface area contributed by atoms with E-state index in [1.165, 1.54) is 30.3 Å². The number of amides is 1. The molecule has 12 heteroatoms. The third-order valence-corrected chi connectivity index (χ3v) is 9.14. The maximum Gasteiger partial charge on any atom is 0.258 e. The quantitative estimate of drug-likeness (QED) is 0.297. The lowest BCUT2D eigenvalue weighted by molar-refractivity contribution is 0.0904. The van der Waals surface area contributed by atoms with Gasteiger partial charge >= 0.3 is 0 Å². The van der Waals surface area contributed by atoms with E-state index < -0.39 is 15.7 Å². The van der Waals surface area contributed by atoms with Gasteiger partial charge in [0, 0.05) is 49.1 Å². The van der Waals surface area contributed by atoms with E-state index in [0.29, 0.717) is 48.6 Å². The first-order chi connectivity index (χ1) is 19.9. The molecule has 0 unspecified atom stereocenters. The van der Waals surface area contributed by atoms with E-state index in [-0.39, 0.29) is 27.6 Å². The first-order valence-corrected chi connectivity index (χ1v) is 15.0. The highest BCUT2D eigenvalue weighted by Gasteiger charge is 2.23. The van der Waals surface area contributed by atoms with Gasteiger partial charge < -0.3 is 25.0 Å². The number of anilines is 3. The number of hydrogen-bond donors (Lipinski definition) is 3. The molecule has 41 heavy (non-hydrogen) atoms. The fourth-order valence-corrected chi connectivity index (χ4v) is 6.45. The van der Waals surface area contributed by atoms with Gasteiger partial charge in [-0.15, -0.1) is 0 Å². The highest BCUT2D eigenvalue weighted by Crippen LogP contribution is 2.30. The van der Waals surface area contributed by atoms with Crippen molar-refractivity contribution in [2.45, 2.75) is 28.7 Å². The number of H-pyrrole nitrogens is 1. The number of carbonyl (C=O) groups is 1. The molecule has 3 heterocycles. The van der Waals surface area contributed by atoms with Crippen molar-refractivity contribution in [1.29, 1.82) is 0 Å². The molecule has 0 saturated carbocycles. The summed E-state index contributed by atoms with van der Waals surface area (Å²) in [6, 6.07) is 15.1. The van der Waals surface area contributed by atoms with Crippen LogP contribution in [-0.2, 0) is 19.3 Å². The van der Waals surface area contributed by atoms with Gasteiger partial charge in [-0.05, 0) is 67.4 Å². The van der Waals surface area contributed by atoms with Crippen LogP contribution in [0.25, 0.3) is 10.9 Å². The second kappa shape index (κ2) is 11.5. The van der Waals surface area contributed by atoms with E-state index >= 15 is 0 Å². The number of nitrogens with zero attached hydrogens (tertiary/aromatic N) is 2. The Morgan fingerprint density at radius 1 is 0.951 bits per heavy atom. The van der Waals surface area contributed by atoms with Gasteiger partial charge in [-0.1, -0.05) is 6.07 Å². The van der Waals surface area contributed by atoms with Crippen molar-refractivity contribution in [2.24, 2.45) is 0 Å². The van der Waals surface area contributed by atoms with Gasteiger partial charge in [-0.3, -0.25) is 9.89 Å². The molecule has 4 aromatic rings. The van der Waals surface area contributed by atoms with Crippen LogP contribution in [0.4, 0.5) is 21.6 Å². The summed E-state index contributed by atoms with van der Waals surface area (Å²) in [4.78, 5) is 15.7. The number of aromatic amines is 1. The van der Waals surface area contributed by atoms with Crippen LogP contribution in [0.15, 0.2) is 70.5 Å². The van der Waals surface area contributed by atoms with Crippen molar-refractivity contribution in [3.8, 4) is 0 Å². The first-order valence-electron chi connectivity index (χ1n) is 13.5. The molecule has 1 aromatic heterocycles. The van der Waals surface area contributed by atoms with Crippen LogP contribution in [-0.4, -0.2) is 70.1 Å². The summed E-state index contributed by atoms with van der Waals surface area (Å²) in [5.41, 5.74) is 2.68. The zero-order chi connectivity index (χ0) is 28.4. The Morgan fingerprint density at radius 2 is 1.71 bits per heavy atom. The Bertz CT molecular complexity index is 1680. The van der Waals surface area contributed by atoms with Crippen molar-refractivity contribution in [1.82, 2.24) is 10.2 Å². The smallest absolute Gasteiger partial charge is 0.258 e. The zero-order valence-corrected chi connectivity index (χ0v) is 23.0. The summed E-state index contributed by atoms with van der Waals surface area (Å²) in [5, 5.41) is 13.9. The van der Waals surface area contributed by atoms with E-state index in [4.69, 9.17) is 9.47 Å². The van der Waals surface area contributed by atoms with Gasteiger partial charge in [-0.2, -0.15) is 5.10 Å². The third-order valence-electron chi connectivity index (χ3n) is 7.39. The molecule has 2 aliphatic heterocycles. The number of sulfone groups is 1. The van der Waals surface area contributed by atoms with Crippen LogP contribution in [0, 0.1) is 5.82 Å². The predicted octanol–water partition coefficient (Wildman–Crippen LogP) is 4.21. The number of ether oxygens (including phenoxy) is 2. The second-order valence-electron chi connectivity index (χ2n) is 10.1. The maximum atomic E-state index is 13.8. The highest BCUT2D eigenvalue weighted by atomic mass is 32.2. The van der Waals surface area contributed by atoms with Crippen molar-refractivity contribution in [3.63, 3.8) is 0 Å². The standard InChI is InChI=1S/C29H30FN5O5S/c30-19-2-1-3-22(16-19)41(37,38)23-5-7-26-25(18-23)28(34-33-26)32-29(36)24-6-4-21(35-10-14-40-15-11-35)17-27(24)31-20-8-12-39-13-9-20/h1-7,16-18,20,31H,8-15H2,(H2,32,33,34,36). The molecule has 2 aliphatic rings. The van der Waals surface area contributed by atoms with Crippen LogP contribution in [0.1, 0.15) is 23.2 Å². The fraction of sp³-hybridized carbons (Fsp3) is 0.310. The van der Waals surface area contributed by atoms with Gasteiger partial charge in [-0.25, -0.2) is 12.8 Å². The van der Waals surface area contributed by atoms with Crippen molar-refractivity contribution >= 4 is 43.8 Å². The summed E-state index contributed by atoms with van der Waals surface area (Å²) in [6.45, 7) is 4.14. The average molecular weight is 580 g/mol. The van der Waals surface area contributed by atoms with Gasteiger partial charge in [0.25, 0.3) is 5.91 Å². The molecular weight excluding hydrogens is 549 g/mol. The summed E-state index contributed by atoms with van der Waals surface area (Å²) < 4.78 is 51.1. The minimum absolute atomic E-state index is 0.0377. The molecule has 0 atom stereocenters. The predicted molar refractivity (Wildman–Crippen MR) is 153 cm³/mol. The van der Waals surface area contributed by atoms with E-state index in [2.05, 4.69) is 25.7 Å². The molecule has 0 aliphatic carbocycles. The Kier molecular flexibility index (Phi) is 7.61. The van der Waals surface area contributed by atoms with Gasteiger partial charge in [0.2, 0.25) is 9.84 Å². The first kappa shape index (κ1) is 27.2. The van der Waals surface area contributed by atoms with Crippen molar-refractivity contribution in [3.05, 3.63) is 72.0 Å². The van der Waals surface area contributed by atoms with Crippen LogP contribution in [0.5, 0.6) is 0 Å². The number of hydrogen-bond acceptors (Lipinski definition) is 8. The second-order valence-corrected chi connectivity index (χ2v) is 12.0. The number of benzene rings is 3. The molecule has 6 rings (SSSR count). The van der Waals surface area contributed by atoms with Gasteiger partial charge in [0.05, 0.1) is 34.1 Å². The van der Waals surface area contributed by atoms with Crippen LogP contribution >= 0.6 is 0 Å². The Labute approximate surface area is 236 Å². The molecule has 2 saturated heterocycles. The minimum Gasteiger partial charge on any atom is -0.381 e. The van der Waals surface area contributed by atoms with Crippen molar-refractivity contribution in [2.75, 3.05) is 55.1 Å². The molecule has 214 valence electrons. The molecule has 0 radical (unpaired) electrons. The summed E-state index contributed by atoms with van der Waals surface area (Å²) >= 11 is 0. The lowest BCUT2D eigenvalue weighted by Crippen LogP contribution is -2.36. The molecule has 2 fully saturated rings. The largest absolute Gasteiger partial charge is 0.381 e. The highest BCUT2D eigenvalue weighted by molar-refractivity contribution is 7.91. The Morgan fingerprint density at radius 3 is 2.49 bits per heavy atom. The molecule has 1 amide bonds. The van der Waals surface area contributed by atoms with Gasteiger partial charge in [0.15, 0.2) is 5.82 Å². The van der Waals surface area contributed by atoms with E-state index in [1.807, 2.05) is 12.1 Å². The number of carbonyl (C=O) groups excluding carboxylic acids is 1. The maximum absolute atomic E-state index is 13.8. The number of morpholine rings is 1. The fourth-order valence-electron chi connectivity index (χ4n) is 5.13.